The molecule has 0 bridgehead atoms. The number of carbonyl (C=O) groups excluding carboxylic acids is 2. The van der Waals surface area contributed by atoms with Gasteiger partial charge in [0.15, 0.2) is 0 Å². The lowest BCUT2D eigenvalue weighted by Gasteiger charge is -2.19. The number of nitrogens with zero attached hydrogens (tertiary/aromatic N) is 1. The third-order valence-corrected chi connectivity index (χ3v) is 2.75. The predicted molar refractivity (Wildman–Crippen MR) is 84.8 cm³/mol. The Labute approximate surface area is 136 Å². The van der Waals surface area contributed by atoms with Crippen LogP contribution in [0.2, 0.25) is 0 Å². The van der Waals surface area contributed by atoms with E-state index >= 15 is 0 Å². The Morgan fingerprint density at radius 3 is 2.43 bits per heavy atom. The molecule has 1 aromatic carbocycles. The summed E-state index contributed by atoms with van der Waals surface area (Å²) in [6.45, 7) is 3.25. The molecule has 124 valence electrons. The molecule has 0 aliphatic rings. The van der Waals surface area contributed by atoms with Crippen molar-refractivity contribution >= 4 is 12.1 Å². The molecule has 6 nitrogen and oxygen atoms in total. The molecule has 1 aromatic rings. The average Bonchev–Trinajstić information content (AvgIpc) is 2.52. The van der Waals surface area contributed by atoms with Crippen LogP contribution in [0.15, 0.2) is 24.3 Å². The SMILES string of the molecule is C#CCN(CC(=O)OC(C)C)C(=O)OCc1ccc(OC)cc1. The highest BCUT2D eigenvalue weighted by Gasteiger charge is 2.19. The van der Waals surface area contributed by atoms with Gasteiger partial charge < -0.3 is 14.2 Å². The van der Waals surface area contributed by atoms with Crippen molar-refractivity contribution in [2.45, 2.75) is 26.6 Å². The van der Waals surface area contributed by atoms with E-state index in [-0.39, 0.29) is 25.8 Å². The van der Waals surface area contributed by atoms with Gasteiger partial charge in [-0.25, -0.2) is 4.79 Å². The summed E-state index contributed by atoms with van der Waals surface area (Å²) < 4.78 is 15.2. The van der Waals surface area contributed by atoms with Crippen molar-refractivity contribution in [2.24, 2.45) is 0 Å². The minimum absolute atomic E-state index is 0.0331. The van der Waals surface area contributed by atoms with Gasteiger partial charge in [-0.2, -0.15) is 0 Å². The molecular weight excluding hydrogens is 298 g/mol. The highest BCUT2D eigenvalue weighted by Crippen LogP contribution is 2.12. The Morgan fingerprint density at radius 2 is 1.91 bits per heavy atom. The minimum atomic E-state index is -0.667. The molecule has 1 amide bonds. The lowest BCUT2D eigenvalue weighted by molar-refractivity contribution is -0.148. The summed E-state index contributed by atoms with van der Waals surface area (Å²) in [5.41, 5.74) is 0.796. The van der Waals surface area contributed by atoms with Crippen LogP contribution in [0, 0.1) is 12.3 Å². The second-order valence-corrected chi connectivity index (χ2v) is 5.00. The monoisotopic (exact) mass is 319 g/mol. The number of ether oxygens (including phenoxy) is 3. The smallest absolute Gasteiger partial charge is 0.411 e. The Hall–Kier alpha value is -2.68. The Bertz CT molecular complexity index is 559. The van der Waals surface area contributed by atoms with Gasteiger partial charge in [-0.15, -0.1) is 6.42 Å². The highest BCUT2D eigenvalue weighted by molar-refractivity contribution is 5.78. The maximum atomic E-state index is 12.0. The minimum Gasteiger partial charge on any atom is -0.497 e. The summed E-state index contributed by atoms with van der Waals surface area (Å²) in [4.78, 5) is 24.8. The quantitative estimate of drug-likeness (QED) is 0.569. The summed E-state index contributed by atoms with van der Waals surface area (Å²) in [5, 5.41) is 0. The van der Waals surface area contributed by atoms with E-state index in [0.29, 0.717) is 5.75 Å². The zero-order chi connectivity index (χ0) is 17.2. The van der Waals surface area contributed by atoms with E-state index in [1.807, 2.05) is 0 Å². The van der Waals surface area contributed by atoms with Gasteiger partial charge >= 0.3 is 12.1 Å². The summed E-state index contributed by atoms with van der Waals surface area (Å²) in [6, 6.07) is 7.10. The summed E-state index contributed by atoms with van der Waals surface area (Å²) in [5.74, 6) is 2.50. The van der Waals surface area contributed by atoms with E-state index in [0.717, 1.165) is 10.5 Å². The molecule has 0 N–H and O–H groups in total. The van der Waals surface area contributed by atoms with Crippen molar-refractivity contribution in [3.63, 3.8) is 0 Å². The van der Waals surface area contributed by atoms with Gasteiger partial charge in [-0.1, -0.05) is 18.1 Å². The van der Waals surface area contributed by atoms with Gasteiger partial charge in [0.2, 0.25) is 0 Å². The normalized spacial score (nSPS) is 9.87. The van der Waals surface area contributed by atoms with E-state index in [9.17, 15) is 9.59 Å². The van der Waals surface area contributed by atoms with Crippen molar-refractivity contribution < 1.29 is 23.8 Å². The molecule has 0 aliphatic carbocycles. The largest absolute Gasteiger partial charge is 0.497 e. The molecule has 0 spiro atoms. The van der Waals surface area contributed by atoms with Crippen LogP contribution >= 0.6 is 0 Å². The molecule has 1 rings (SSSR count). The van der Waals surface area contributed by atoms with E-state index < -0.39 is 12.1 Å². The number of terminal acetylenes is 1. The van der Waals surface area contributed by atoms with Crippen molar-refractivity contribution in [3.05, 3.63) is 29.8 Å². The average molecular weight is 319 g/mol. The molecule has 0 saturated carbocycles. The van der Waals surface area contributed by atoms with Gasteiger partial charge in [0.05, 0.1) is 19.8 Å². The van der Waals surface area contributed by atoms with Crippen LogP contribution in [0.3, 0.4) is 0 Å². The van der Waals surface area contributed by atoms with E-state index in [1.165, 1.54) is 0 Å². The molecular formula is C17H21NO5. The Morgan fingerprint density at radius 1 is 1.26 bits per heavy atom. The molecule has 0 heterocycles. The van der Waals surface area contributed by atoms with Gasteiger partial charge in [0, 0.05) is 0 Å². The first-order valence-corrected chi connectivity index (χ1v) is 7.13. The maximum Gasteiger partial charge on any atom is 0.411 e. The lowest BCUT2D eigenvalue weighted by Crippen LogP contribution is -2.37. The number of rotatable bonds is 7. The molecule has 0 unspecified atom stereocenters. The van der Waals surface area contributed by atoms with Crippen LogP contribution < -0.4 is 4.74 Å². The number of hydrogen-bond acceptors (Lipinski definition) is 5. The first-order chi connectivity index (χ1) is 11.0. The van der Waals surface area contributed by atoms with Crippen molar-refractivity contribution in [3.8, 4) is 18.1 Å². The second-order valence-electron chi connectivity index (χ2n) is 5.00. The third-order valence-electron chi connectivity index (χ3n) is 2.75. The lowest BCUT2D eigenvalue weighted by atomic mass is 10.2. The van der Waals surface area contributed by atoms with E-state index in [4.69, 9.17) is 20.6 Å². The zero-order valence-corrected chi connectivity index (χ0v) is 13.6. The van der Waals surface area contributed by atoms with E-state index in [1.54, 1.807) is 45.2 Å². The van der Waals surface area contributed by atoms with Gasteiger partial charge in [0.25, 0.3) is 0 Å². The predicted octanol–water partition coefficient (Wildman–Crippen LogP) is 2.22. The topological polar surface area (TPSA) is 65.1 Å². The van der Waals surface area contributed by atoms with Crippen LogP contribution in [-0.2, 0) is 20.9 Å². The molecule has 6 heteroatoms. The fraction of sp³-hybridized carbons (Fsp3) is 0.412. The van der Waals surface area contributed by atoms with Crippen molar-refractivity contribution in [1.29, 1.82) is 0 Å². The number of carbonyl (C=O) groups is 2. The van der Waals surface area contributed by atoms with Crippen LogP contribution in [-0.4, -0.2) is 43.3 Å². The first-order valence-electron chi connectivity index (χ1n) is 7.13. The fourth-order valence-corrected chi connectivity index (χ4v) is 1.71. The Balaban J connectivity index is 2.56. The van der Waals surface area contributed by atoms with Crippen LogP contribution in [0.1, 0.15) is 19.4 Å². The van der Waals surface area contributed by atoms with Crippen molar-refractivity contribution in [2.75, 3.05) is 20.2 Å². The number of esters is 1. The first kappa shape index (κ1) is 18.4. The number of amides is 1. The summed E-state index contributed by atoms with van der Waals surface area (Å²) in [6.07, 6.45) is 4.29. The molecule has 23 heavy (non-hydrogen) atoms. The van der Waals surface area contributed by atoms with Crippen LogP contribution in [0.4, 0.5) is 4.79 Å². The molecule has 0 aromatic heterocycles. The maximum absolute atomic E-state index is 12.0. The molecule has 0 atom stereocenters. The summed E-state index contributed by atoms with van der Waals surface area (Å²) in [7, 11) is 1.57. The molecule has 0 radical (unpaired) electrons. The van der Waals surface area contributed by atoms with E-state index in [2.05, 4.69) is 5.92 Å². The molecule has 0 fully saturated rings. The second kappa shape index (κ2) is 9.36. The fourth-order valence-electron chi connectivity index (χ4n) is 1.71. The third kappa shape index (κ3) is 6.74. The van der Waals surface area contributed by atoms with Crippen LogP contribution in [0.5, 0.6) is 5.75 Å². The van der Waals surface area contributed by atoms with Crippen LogP contribution in [0.25, 0.3) is 0 Å². The van der Waals surface area contributed by atoms with Gasteiger partial charge in [-0.05, 0) is 31.5 Å². The molecule has 0 saturated heterocycles. The molecule has 0 aliphatic heterocycles. The standard InChI is InChI=1S/C17H21NO5/c1-5-10-18(11-16(19)23-13(2)3)17(20)22-12-14-6-8-15(21-4)9-7-14/h1,6-9,13H,10-12H2,2-4H3. The number of benzene rings is 1. The highest BCUT2D eigenvalue weighted by atomic mass is 16.6. The number of hydrogen-bond donors (Lipinski definition) is 0. The van der Waals surface area contributed by atoms with Gasteiger partial charge in [-0.3, -0.25) is 9.69 Å². The van der Waals surface area contributed by atoms with Gasteiger partial charge in [0.1, 0.15) is 18.9 Å². The van der Waals surface area contributed by atoms with Crippen molar-refractivity contribution in [1.82, 2.24) is 4.90 Å². The Kier molecular flexibility index (Phi) is 7.48. The summed E-state index contributed by atoms with van der Waals surface area (Å²) >= 11 is 0. The zero-order valence-electron chi connectivity index (χ0n) is 13.6. The number of methoxy groups -OCH3 is 1.